The molecule has 9 heteroatoms. The molecule has 0 bridgehead atoms. The number of hydrogen-bond acceptors (Lipinski definition) is 5. The predicted octanol–water partition coefficient (Wildman–Crippen LogP) is 3.49. The zero-order valence-corrected chi connectivity index (χ0v) is 19.2. The molecule has 1 amide bonds. The van der Waals surface area contributed by atoms with E-state index in [1.165, 1.54) is 0 Å². The van der Waals surface area contributed by atoms with Crippen LogP contribution in [0.4, 0.5) is 11.4 Å². The molecule has 0 radical (unpaired) electrons. The molecule has 1 N–H and O–H groups in total. The summed E-state index contributed by atoms with van der Waals surface area (Å²) < 4.78 is 28.5. The highest BCUT2D eigenvalue weighted by Gasteiger charge is 2.29. The van der Waals surface area contributed by atoms with Crippen LogP contribution in [0.25, 0.3) is 10.2 Å². The molecule has 1 aromatic heterocycles. The molecule has 0 spiro atoms. The van der Waals surface area contributed by atoms with Gasteiger partial charge in [-0.2, -0.15) is 0 Å². The van der Waals surface area contributed by atoms with Crippen molar-refractivity contribution in [3.63, 3.8) is 0 Å². The molecule has 2 aromatic carbocycles. The number of sulfonamides is 1. The molecular weight excluding hydrogens is 422 g/mol. The smallest absolute Gasteiger partial charge is 0.308 e. The summed E-state index contributed by atoms with van der Waals surface area (Å²) in [5.74, 6) is -0.458. The fraction of sp³-hybridized carbons (Fsp3) is 0.333. The van der Waals surface area contributed by atoms with Crippen LogP contribution in [-0.2, 0) is 21.4 Å². The summed E-state index contributed by atoms with van der Waals surface area (Å²) in [6, 6.07) is 9.57. The van der Waals surface area contributed by atoms with Crippen LogP contribution in [0, 0.1) is 13.8 Å². The number of rotatable bonds is 6. The molecule has 0 aliphatic carbocycles. The Morgan fingerprint density at radius 2 is 1.87 bits per heavy atom. The molecule has 0 fully saturated rings. The molecule has 1 heterocycles. The van der Waals surface area contributed by atoms with Crippen LogP contribution in [0.3, 0.4) is 0 Å². The van der Waals surface area contributed by atoms with Crippen LogP contribution in [0.15, 0.2) is 41.2 Å². The number of aryl methyl sites for hydroxylation is 3. The molecule has 7 nitrogen and oxygen atoms in total. The number of carbonyl (C=O) groups is 1. The highest BCUT2D eigenvalue weighted by molar-refractivity contribution is 7.92. The van der Waals surface area contributed by atoms with Crippen molar-refractivity contribution in [1.29, 1.82) is 0 Å². The largest absolute Gasteiger partial charge is 0.324 e. The molecule has 3 rings (SSSR count). The minimum Gasteiger partial charge on any atom is -0.324 e. The summed E-state index contributed by atoms with van der Waals surface area (Å²) >= 11 is 1.11. The third-order valence-corrected chi connectivity index (χ3v) is 7.27. The second-order valence-electron chi connectivity index (χ2n) is 7.29. The van der Waals surface area contributed by atoms with E-state index >= 15 is 0 Å². The van der Waals surface area contributed by atoms with E-state index in [4.69, 9.17) is 0 Å². The monoisotopic (exact) mass is 447 g/mol. The lowest BCUT2D eigenvalue weighted by atomic mass is 10.1. The Bertz CT molecular complexity index is 1280. The first-order valence-electron chi connectivity index (χ1n) is 9.54. The second kappa shape index (κ2) is 8.23. The van der Waals surface area contributed by atoms with Crippen LogP contribution >= 0.6 is 11.3 Å². The Morgan fingerprint density at radius 3 is 2.47 bits per heavy atom. The maximum Gasteiger partial charge on any atom is 0.308 e. The van der Waals surface area contributed by atoms with Gasteiger partial charge in [0.15, 0.2) is 0 Å². The predicted molar refractivity (Wildman–Crippen MR) is 123 cm³/mol. The van der Waals surface area contributed by atoms with Gasteiger partial charge < -0.3 is 5.32 Å². The topological polar surface area (TPSA) is 88.5 Å². The van der Waals surface area contributed by atoms with Crippen molar-refractivity contribution < 1.29 is 13.2 Å². The Kier molecular flexibility index (Phi) is 6.05. The number of fused-ring (bicyclic) bond motifs is 1. The van der Waals surface area contributed by atoms with Gasteiger partial charge in [0.05, 0.1) is 22.2 Å². The molecule has 0 aliphatic heterocycles. The van der Waals surface area contributed by atoms with Gasteiger partial charge in [-0.3, -0.25) is 18.5 Å². The standard InChI is InChI=1S/C21H25N3O4S2/c1-6-23-18-10-8-16(12-19(18)29-21(23)26)22-20(25)15(4)24(30(5,27)28)17-9-7-13(2)14(3)11-17/h7-12,15H,6H2,1-5H3,(H,22,25)/t15-/m0/s1. The molecule has 0 saturated carbocycles. The quantitative estimate of drug-likeness (QED) is 0.626. The van der Waals surface area contributed by atoms with Gasteiger partial charge in [0.1, 0.15) is 6.04 Å². The number of carbonyl (C=O) groups excluding carboxylic acids is 1. The molecule has 0 unspecified atom stereocenters. The van der Waals surface area contributed by atoms with Crippen molar-refractivity contribution in [2.45, 2.75) is 40.3 Å². The summed E-state index contributed by atoms with van der Waals surface area (Å²) in [6.45, 7) is 7.86. The average Bonchev–Trinajstić information content (AvgIpc) is 2.97. The summed E-state index contributed by atoms with van der Waals surface area (Å²) in [5.41, 5.74) is 3.74. The van der Waals surface area contributed by atoms with Gasteiger partial charge in [-0.25, -0.2) is 8.42 Å². The number of nitrogens with zero attached hydrogens (tertiary/aromatic N) is 2. The summed E-state index contributed by atoms with van der Waals surface area (Å²) in [6.07, 6.45) is 1.09. The lowest BCUT2D eigenvalue weighted by Crippen LogP contribution is -2.45. The zero-order valence-electron chi connectivity index (χ0n) is 17.6. The number of nitrogens with one attached hydrogen (secondary N) is 1. The van der Waals surface area contributed by atoms with Crippen molar-refractivity contribution >= 4 is 48.9 Å². The van der Waals surface area contributed by atoms with Crippen molar-refractivity contribution in [3.05, 3.63) is 57.2 Å². The fourth-order valence-corrected chi connectivity index (χ4v) is 5.52. The highest BCUT2D eigenvalue weighted by Crippen LogP contribution is 2.25. The summed E-state index contributed by atoms with van der Waals surface area (Å²) in [5, 5.41) is 2.78. The van der Waals surface area contributed by atoms with Crippen molar-refractivity contribution in [2.24, 2.45) is 0 Å². The lowest BCUT2D eigenvalue weighted by molar-refractivity contribution is -0.116. The summed E-state index contributed by atoms with van der Waals surface area (Å²) in [7, 11) is -3.69. The number of aromatic nitrogens is 1. The first-order valence-corrected chi connectivity index (χ1v) is 12.2. The van der Waals surface area contributed by atoms with E-state index < -0.39 is 22.0 Å². The van der Waals surface area contributed by atoms with Crippen molar-refractivity contribution in [2.75, 3.05) is 15.9 Å². The molecule has 1 atom stereocenters. The van der Waals surface area contributed by atoms with E-state index in [1.54, 1.807) is 41.8 Å². The normalized spacial score (nSPS) is 12.7. The van der Waals surface area contributed by atoms with E-state index in [0.29, 0.717) is 17.9 Å². The molecule has 30 heavy (non-hydrogen) atoms. The Labute approximate surface area is 180 Å². The van der Waals surface area contributed by atoms with Crippen molar-refractivity contribution in [3.8, 4) is 0 Å². The van der Waals surface area contributed by atoms with E-state index in [9.17, 15) is 18.0 Å². The van der Waals surface area contributed by atoms with Gasteiger partial charge in [0.2, 0.25) is 15.9 Å². The lowest BCUT2D eigenvalue weighted by Gasteiger charge is -2.28. The van der Waals surface area contributed by atoms with Crippen LogP contribution in [0.2, 0.25) is 0 Å². The van der Waals surface area contributed by atoms with Gasteiger partial charge in [-0.05, 0) is 69.2 Å². The first-order chi connectivity index (χ1) is 14.0. The van der Waals surface area contributed by atoms with E-state index in [-0.39, 0.29) is 4.87 Å². The maximum absolute atomic E-state index is 12.9. The molecule has 160 valence electrons. The van der Waals surface area contributed by atoms with E-state index in [0.717, 1.165) is 43.2 Å². The van der Waals surface area contributed by atoms with Gasteiger partial charge >= 0.3 is 4.87 Å². The Hall–Kier alpha value is -2.65. The van der Waals surface area contributed by atoms with Gasteiger partial charge in [-0.15, -0.1) is 0 Å². The van der Waals surface area contributed by atoms with Crippen LogP contribution in [-0.4, -0.2) is 31.2 Å². The van der Waals surface area contributed by atoms with Gasteiger partial charge in [0.25, 0.3) is 0 Å². The van der Waals surface area contributed by atoms with E-state index in [2.05, 4.69) is 5.32 Å². The summed E-state index contributed by atoms with van der Waals surface area (Å²) in [4.78, 5) is 24.9. The number of hydrogen-bond donors (Lipinski definition) is 1. The molecular formula is C21H25N3O4S2. The number of benzene rings is 2. The number of anilines is 2. The highest BCUT2D eigenvalue weighted by atomic mass is 32.2. The Balaban J connectivity index is 1.91. The van der Waals surface area contributed by atoms with Crippen LogP contribution < -0.4 is 14.5 Å². The van der Waals surface area contributed by atoms with Gasteiger partial charge in [-0.1, -0.05) is 17.4 Å². The fourth-order valence-electron chi connectivity index (χ4n) is 3.36. The first kappa shape index (κ1) is 22.0. The minimum atomic E-state index is -3.69. The average molecular weight is 448 g/mol. The minimum absolute atomic E-state index is 0.0534. The van der Waals surface area contributed by atoms with Gasteiger partial charge in [0, 0.05) is 12.2 Å². The molecule has 0 aliphatic rings. The maximum atomic E-state index is 12.9. The second-order valence-corrected chi connectivity index (χ2v) is 10.1. The number of amides is 1. The Morgan fingerprint density at radius 1 is 1.17 bits per heavy atom. The van der Waals surface area contributed by atoms with Crippen molar-refractivity contribution in [1.82, 2.24) is 4.57 Å². The third kappa shape index (κ3) is 4.27. The molecule has 3 aromatic rings. The van der Waals surface area contributed by atoms with Crippen LogP contribution in [0.5, 0.6) is 0 Å². The van der Waals surface area contributed by atoms with Crippen LogP contribution in [0.1, 0.15) is 25.0 Å². The third-order valence-electron chi connectivity index (χ3n) is 5.09. The molecule has 0 saturated heterocycles. The number of thiazole rings is 1. The zero-order chi connectivity index (χ0) is 22.2. The SMILES string of the molecule is CCn1c(=O)sc2cc(NC(=O)[C@H](C)N(c3ccc(C)c(C)c3)S(C)(=O)=O)ccc21. The van der Waals surface area contributed by atoms with E-state index in [1.807, 2.05) is 26.8 Å².